The van der Waals surface area contributed by atoms with Crippen molar-refractivity contribution in [2.24, 2.45) is 0 Å². The maximum absolute atomic E-state index is 7.09. The third kappa shape index (κ3) is 9.05. The van der Waals surface area contributed by atoms with Crippen molar-refractivity contribution in [3.8, 4) is 23.0 Å². The van der Waals surface area contributed by atoms with Crippen molar-refractivity contribution >= 4 is 28.7 Å². The second-order valence-electron chi connectivity index (χ2n) is 13.6. The van der Waals surface area contributed by atoms with Crippen LogP contribution >= 0.6 is 28.7 Å². The second kappa shape index (κ2) is 15.8. The largest absolute Gasteiger partial charge is 0.448 e. The van der Waals surface area contributed by atoms with E-state index < -0.39 is 16.9 Å². The lowest BCUT2D eigenvalue weighted by Crippen LogP contribution is -2.14. The van der Waals surface area contributed by atoms with E-state index in [1.165, 1.54) is 5.56 Å². The van der Waals surface area contributed by atoms with E-state index in [-0.39, 0.29) is 10.8 Å². The van der Waals surface area contributed by atoms with Crippen LogP contribution < -0.4 is 18.9 Å². The first kappa shape index (κ1) is 36.5. The lowest BCUT2D eigenvalue weighted by molar-refractivity contribution is 0.418. The molecule has 0 spiro atoms. The molecule has 0 saturated carbocycles. The second-order valence-corrected chi connectivity index (χ2v) is 17.5. The van der Waals surface area contributed by atoms with Gasteiger partial charge < -0.3 is 18.9 Å². The molecule has 10 heteroatoms. The van der Waals surface area contributed by atoms with Crippen molar-refractivity contribution in [1.82, 2.24) is 18.1 Å². The first-order valence-electron chi connectivity index (χ1n) is 16.3. The number of rotatable bonds is 13. The molecule has 0 amide bonds. The lowest BCUT2D eigenvalue weighted by atomic mass is 9.86. The maximum Gasteiger partial charge on any atom is 0.317 e. The van der Waals surface area contributed by atoms with Gasteiger partial charge in [0.25, 0.3) is 0 Å². The zero-order valence-corrected chi connectivity index (χ0v) is 32.5. The minimum Gasteiger partial charge on any atom is -0.448 e. The Morgan fingerprint density at radius 1 is 0.673 bits per heavy atom. The fourth-order valence-corrected chi connectivity index (χ4v) is 8.23. The molecule has 0 aliphatic rings. The molecule has 3 heterocycles. The normalized spacial score (nSPS) is 13.0. The Morgan fingerprint density at radius 2 is 1.18 bits per heavy atom. The predicted octanol–water partition coefficient (Wildman–Crippen LogP) is 12.0. The summed E-state index contributed by atoms with van der Waals surface area (Å²) in [4.78, 5) is 0.989. The molecule has 0 saturated heterocycles. The summed E-state index contributed by atoms with van der Waals surface area (Å²) in [7, 11) is -2.65. The zero-order valence-electron chi connectivity index (χ0n) is 29.9. The van der Waals surface area contributed by atoms with E-state index >= 15 is 0 Å². The Hall–Kier alpha value is -3.83. The molecule has 1 N–H and O–H groups in total. The average molecular weight is 715 g/mol. The van der Waals surface area contributed by atoms with Gasteiger partial charge in [-0.05, 0) is 108 Å². The third-order valence-corrected chi connectivity index (χ3v) is 11.6. The van der Waals surface area contributed by atoms with Crippen LogP contribution in [0.5, 0.6) is 23.0 Å². The summed E-state index contributed by atoms with van der Waals surface area (Å²) in [5.74, 6) is 2.65. The standard InChI is InChI=1S/C39H48N4O3P2S/c1-10-11-12-19-40-47(41-20-13-14-21-41)45-33-27-31(38(3,4)5)26-30(2)36(33)44-37-34(28-32(39(6,7)8)29-35(37)49-9)46-48(42-22-15-16-23-42)43-24-17-18-25-43/h10-29,40H,1-9H3/b11-10-,19-12-. The molecule has 1 atom stereocenters. The van der Waals surface area contributed by atoms with Crippen molar-refractivity contribution in [1.29, 1.82) is 0 Å². The molecule has 5 aromatic rings. The highest BCUT2D eigenvalue weighted by Gasteiger charge is 2.28. The van der Waals surface area contributed by atoms with Gasteiger partial charge in [-0.3, -0.25) is 13.0 Å². The minimum absolute atomic E-state index is 0.104. The highest BCUT2D eigenvalue weighted by Crippen LogP contribution is 2.52. The number of aryl methyl sites for hydroxylation is 1. The van der Waals surface area contributed by atoms with Crippen LogP contribution in [-0.4, -0.2) is 19.3 Å². The Kier molecular flexibility index (Phi) is 11.8. The van der Waals surface area contributed by atoms with E-state index in [0.29, 0.717) is 23.0 Å². The number of nitrogens with one attached hydrogen (secondary N) is 1. The van der Waals surface area contributed by atoms with E-state index in [4.69, 9.17) is 13.8 Å². The van der Waals surface area contributed by atoms with E-state index in [1.54, 1.807) is 11.8 Å². The van der Waals surface area contributed by atoms with E-state index in [0.717, 1.165) is 16.0 Å². The molecule has 0 bridgehead atoms. The number of ether oxygens (including phenoxy) is 1. The van der Waals surface area contributed by atoms with Gasteiger partial charge in [-0.15, -0.1) is 11.8 Å². The molecule has 3 aromatic heterocycles. The molecule has 49 heavy (non-hydrogen) atoms. The van der Waals surface area contributed by atoms with Crippen LogP contribution in [0.15, 0.2) is 127 Å². The van der Waals surface area contributed by atoms with Gasteiger partial charge in [0.15, 0.2) is 23.0 Å². The summed E-state index contributed by atoms with van der Waals surface area (Å²) in [5.41, 5.74) is 3.09. The summed E-state index contributed by atoms with van der Waals surface area (Å²) >= 11 is 1.65. The summed E-state index contributed by atoms with van der Waals surface area (Å²) in [6.45, 7) is 17.4. The Morgan fingerprint density at radius 3 is 1.69 bits per heavy atom. The van der Waals surface area contributed by atoms with E-state index in [1.807, 2.05) is 105 Å². The van der Waals surface area contributed by atoms with Crippen molar-refractivity contribution in [3.05, 3.63) is 139 Å². The summed E-state index contributed by atoms with van der Waals surface area (Å²) in [6, 6.07) is 20.8. The van der Waals surface area contributed by atoms with Crippen LogP contribution in [0.2, 0.25) is 0 Å². The van der Waals surface area contributed by atoms with Crippen LogP contribution in [0.25, 0.3) is 0 Å². The molecule has 0 radical (unpaired) electrons. The summed E-state index contributed by atoms with van der Waals surface area (Å²) in [6.07, 6.45) is 22.1. The number of hydrogen-bond acceptors (Lipinski definition) is 5. The molecular weight excluding hydrogens is 666 g/mol. The topological polar surface area (TPSA) is 54.5 Å². The first-order chi connectivity index (χ1) is 23.4. The molecule has 5 rings (SSSR count). The fraction of sp³-hybridized carbons (Fsp3) is 0.282. The molecule has 0 aliphatic heterocycles. The van der Waals surface area contributed by atoms with Crippen LogP contribution in [0.1, 0.15) is 65.2 Å². The van der Waals surface area contributed by atoms with Crippen molar-refractivity contribution < 1.29 is 13.8 Å². The number of thioether (sulfide) groups is 1. The zero-order chi connectivity index (χ0) is 35.2. The van der Waals surface area contributed by atoms with Gasteiger partial charge in [-0.25, -0.2) is 0 Å². The molecule has 1 unspecified atom stereocenters. The number of allylic oxidation sites excluding steroid dienone is 3. The maximum atomic E-state index is 7.09. The van der Waals surface area contributed by atoms with Crippen LogP contribution in [0.4, 0.5) is 0 Å². The van der Waals surface area contributed by atoms with Crippen LogP contribution in [-0.2, 0) is 10.8 Å². The smallest absolute Gasteiger partial charge is 0.317 e. The van der Waals surface area contributed by atoms with Gasteiger partial charge in [0.2, 0.25) is 0 Å². The number of hydrogen-bond donors (Lipinski definition) is 1. The quantitative estimate of drug-likeness (QED) is 0.0747. The molecule has 0 aliphatic carbocycles. The molecule has 7 nitrogen and oxygen atoms in total. The Labute approximate surface area is 298 Å². The Balaban J connectivity index is 1.66. The highest BCUT2D eigenvalue weighted by molar-refractivity contribution is 7.98. The van der Waals surface area contributed by atoms with Gasteiger partial charge in [-0.2, -0.15) is 0 Å². The fourth-order valence-electron chi connectivity index (χ4n) is 4.94. The predicted molar refractivity (Wildman–Crippen MR) is 209 cm³/mol. The third-order valence-electron chi connectivity index (χ3n) is 7.74. The van der Waals surface area contributed by atoms with Gasteiger partial charge in [-0.1, -0.05) is 59.8 Å². The van der Waals surface area contributed by atoms with Crippen LogP contribution in [0, 0.1) is 6.92 Å². The van der Waals surface area contributed by atoms with Crippen LogP contribution in [0.3, 0.4) is 0 Å². The molecule has 258 valence electrons. The van der Waals surface area contributed by atoms with E-state index in [2.05, 4.69) is 97.1 Å². The van der Waals surface area contributed by atoms with Gasteiger partial charge in [0, 0.05) is 43.4 Å². The molecule has 0 fully saturated rings. The SMILES string of the molecule is C/C=C\C=C/NP(Oc1cc(C(C)(C)C)cc(C)c1Oc1c(OP(n2cccc2)n2cccc2)cc(C(C)(C)C)cc1SC)n1cccc1. The average Bonchev–Trinajstić information content (AvgIpc) is 3.87. The minimum atomic E-state index is -1.34. The van der Waals surface area contributed by atoms with Crippen molar-refractivity contribution in [2.75, 3.05) is 6.26 Å². The van der Waals surface area contributed by atoms with Gasteiger partial charge >= 0.3 is 16.9 Å². The molecule has 2 aromatic carbocycles. The number of nitrogens with zero attached hydrogens (tertiary/aromatic N) is 3. The van der Waals surface area contributed by atoms with Gasteiger partial charge in [0.05, 0.1) is 4.90 Å². The van der Waals surface area contributed by atoms with Gasteiger partial charge in [0.1, 0.15) is 0 Å². The number of aromatic nitrogens is 3. The van der Waals surface area contributed by atoms with Crippen molar-refractivity contribution in [2.45, 2.75) is 71.1 Å². The lowest BCUT2D eigenvalue weighted by Gasteiger charge is -2.28. The molecular formula is C39H48N4O3P2S. The Bertz CT molecular complexity index is 1820. The van der Waals surface area contributed by atoms with E-state index in [9.17, 15) is 0 Å². The monoisotopic (exact) mass is 714 g/mol. The van der Waals surface area contributed by atoms with Crippen molar-refractivity contribution in [3.63, 3.8) is 0 Å². The first-order valence-corrected chi connectivity index (χ1v) is 19.9. The highest BCUT2D eigenvalue weighted by atomic mass is 32.2. The number of benzene rings is 2. The summed E-state index contributed by atoms with van der Waals surface area (Å²) in [5, 5.41) is 3.48. The summed E-state index contributed by atoms with van der Waals surface area (Å²) < 4.78 is 27.3.